The molecule has 4 rings (SSSR count). The van der Waals surface area contributed by atoms with Crippen molar-refractivity contribution in [3.8, 4) is 22.8 Å². The van der Waals surface area contributed by atoms with Crippen LogP contribution in [0.15, 0.2) is 73.1 Å². The summed E-state index contributed by atoms with van der Waals surface area (Å²) in [5.74, 6) is 0.927. The van der Waals surface area contributed by atoms with Crippen LogP contribution >= 0.6 is 0 Å². The maximum absolute atomic E-state index is 4.89. The molecule has 0 N–H and O–H groups in total. The van der Waals surface area contributed by atoms with Gasteiger partial charge >= 0.3 is 0 Å². The normalized spacial score (nSPS) is 10.9. The Morgan fingerprint density at radius 1 is 0.875 bits per heavy atom. The summed E-state index contributed by atoms with van der Waals surface area (Å²) in [5, 5.41) is 0. The van der Waals surface area contributed by atoms with Gasteiger partial charge in [-0.1, -0.05) is 12.1 Å². The number of benzene rings is 1. The average Bonchev–Trinajstić information content (AvgIpc) is 3.02. The highest BCUT2D eigenvalue weighted by Gasteiger charge is 2.14. The summed E-state index contributed by atoms with van der Waals surface area (Å²) in [7, 11) is 4.08. The second kappa shape index (κ2) is 5.81. The molecule has 0 unspecified atom stereocenters. The van der Waals surface area contributed by atoms with Gasteiger partial charge in [-0.2, -0.15) is 0 Å². The lowest BCUT2D eigenvalue weighted by molar-refractivity contribution is 1.13. The minimum Gasteiger partial charge on any atom is -0.378 e. The van der Waals surface area contributed by atoms with Gasteiger partial charge in [-0.25, -0.2) is 4.98 Å². The van der Waals surface area contributed by atoms with Crippen LogP contribution in [0.4, 0.5) is 5.69 Å². The molecule has 3 aromatic heterocycles. The van der Waals surface area contributed by atoms with Crippen LogP contribution in [0, 0.1) is 0 Å². The van der Waals surface area contributed by atoms with Gasteiger partial charge in [0.05, 0.1) is 11.2 Å². The maximum atomic E-state index is 4.89. The average molecular weight is 314 g/mol. The number of imidazole rings is 1. The molecular weight excluding hydrogens is 296 g/mol. The van der Waals surface area contributed by atoms with E-state index in [0.717, 1.165) is 28.3 Å². The van der Waals surface area contributed by atoms with Crippen molar-refractivity contribution in [1.29, 1.82) is 0 Å². The van der Waals surface area contributed by atoms with Crippen molar-refractivity contribution in [3.05, 3.63) is 73.1 Å². The molecule has 0 aliphatic rings. The van der Waals surface area contributed by atoms with Crippen molar-refractivity contribution in [2.24, 2.45) is 0 Å². The number of nitrogens with zero attached hydrogens (tertiary/aromatic N) is 4. The lowest BCUT2D eigenvalue weighted by Gasteiger charge is -2.12. The molecule has 24 heavy (non-hydrogen) atoms. The Kier molecular flexibility index (Phi) is 3.50. The van der Waals surface area contributed by atoms with Gasteiger partial charge in [0.2, 0.25) is 0 Å². The number of hydrogen-bond donors (Lipinski definition) is 0. The monoisotopic (exact) mass is 314 g/mol. The van der Waals surface area contributed by atoms with E-state index < -0.39 is 0 Å². The number of pyridine rings is 2. The van der Waals surface area contributed by atoms with E-state index in [1.807, 2.05) is 50.6 Å². The summed E-state index contributed by atoms with van der Waals surface area (Å²) < 4.78 is 2.12. The predicted molar refractivity (Wildman–Crippen MR) is 98.2 cm³/mol. The number of anilines is 1. The van der Waals surface area contributed by atoms with Gasteiger partial charge in [-0.15, -0.1) is 0 Å². The molecule has 0 aliphatic carbocycles. The first kappa shape index (κ1) is 14.5. The first-order valence-corrected chi connectivity index (χ1v) is 7.90. The van der Waals surface area contributed by atoms with E-state index in [-0.39, 0.29) is 0 Å². The van der Waals surface area contributed by atoms with Crippen LogP contribution in [-0.2, 0) is 0 Å². The van der Waals surface area contributed by atoms with Crippen LogP contribution in [0.2, 0.25) is 0 Å². The Labute approximate surface area is 141 Å². The van der Waals surface area contributed by atoms with Gasteiger partial charge in [0.1, 0.15) is 11.5 Å². The van der Waals surface area contributed by atoms with Crippen LogP contribution in [0.1, 0.15) is 0 Å². The van der Waals surface area contributed by atoms with E-state index in [1.165, 1.54) is 5.69 Å². The van der Waals surface area contributed by atoms with Crippen molar-refractivity contribution in [1.82, 2.24) is 14.4 Å². The highest BCUT2D eigenvalue weighted by molar-refractivity contribution is 5.79. The van der Waals surface area contributed by atoms with E-state index in [9.17, 15) is 0 Å². The maximum Gasteiger partial charge on any atom is 0.145 e. The second-order valence-electron chi connectivity index (χ2n) is 5.90. The van der Waals surface area contributed by atoms with Crippen molar-refractivity contribution >= 4 is 11.2 Å². The SMILES string of the molecule is CN(C)c1ccc(-c2nc(-c3ccccn3)c3ccccn23)cc1. The quantitative estimate of drug-likeness (QED) is 0.570. The fraction of sp³-hybridized carbons (Fsp3) is 0.100. The first-order valence-electron chi connectivity index (χ1n) is 7.90. The highest BCUT2D eigenvalue weighted by Crippen LogP contribution is 2.29. The molecule has 4 heteroatoms. The summed E-state index contributed by atoms with van der Waals surface area (Å²) in [5.41, 5.74) is 5.11. The summed E-state index contributed by atoms with van der Waals surface area (Å²) in [4.78, 5) is 11.4. The first-order chi connectivity index (χ1) is 11.7. The lowest BCUT2D eigenvalue weighted by Crippen LogP contribution is -2.08. The Balaban J connectivity index is 1.90. The highest BCUT2D eigenvalue weighted by atomic mass is 15.1. The molecule has 0 radical (unpaired) electrons. The van der Waals surface area contributed by atoms with Crippen molar-refractivity contribution in [2.75, 3.05) is 19.0 Å². The zero-order valence-corrected chi connectivity index (χ0v) is 13.7. The standard InChI is InChI=1S/C20H18N4/c1-23(2)16-11-9-15(10-12-16)20-22-19(17-7-3-5-13-21-17)18-8-4-6-14-24(18)20/h3-14H,1-2H3. The summed E-state index contributed by atoms with van der Waals surface area (Å²) in [6.45, 7) is 0. The zero-order valence-electron chi connectivity index (χ0n) is 13.7. The van der Waals surface area contributed by atoms with Crippen LogP contribution in [0.25, 0.3) is 28.3 Å². The molecule has 4 nitrogen and oxygen atoms in total. The third-order valence-electron chi connectivity index (χ3n) is 4.10. The number of fused-ring (bicyclic) bond motifs is 1. The van der Waals surface area contributed by atoms with E-state index >= 15 is 0 Å². The number of hydrogen-bond acceptors (Lipinski definition) is 3. The molecule has 3 heterocycles. The molecule has 4 aromatic rings. The fourth-order valence-corrected chi connectivity index (χ4v) is 2.84. The van der Waals surface area contributed by atoms with E-state index in [4.69, 9.17) is 4.98 Å². The molecule has 0 amide bonds. The van der Waals surface area contributed by atoms with Crippen molar-refractivity contribution in [3.63, 3.8) is 0 Å². The fourth-order valence-electron chi connectivity index (χ4n) is 2.84. The molecule has 1 aromatic carbocycles. The summed E-state index contributed by atoms with van der Waals surface area (Å²) in [6, 6.07) is 20.5. The molecular formula is C20H18N4. The lowest BCUT2D eigenvalue weighted by atomic mass is 10.2. The number of aromatic nitrogens is 3. The second-order valence-corrected chi connectivity index (χ2v) is 5.90. The molecule has 118 valence electrons. The van der Waals surface area contributed by atoms with E-state index in [1.54, 1.807) is 6.20 Å². The van der Waals surface area contributed by atoms with Gasteiger partial charge in [-0.3, -0.25) is 9.38 Å². The van der Waals surface area contributed by atoms with Gasteiger partial charge in [0.15, 0.2) is 0 Å². The summed E-state index contributed by atoms with van der Waals surface area (Å²) in [6.07, 6.45) is 3.85. The molecule has 0 bridgehead atoms. The molecule has 0 fully saturated rings. The third-order valence-corrected chi connectivity index (χ3v) is 4.10. The topological polar surface area (TPSA) is 33.4 Å². The van der Waals surface area contributed by atoms with Crippen LogP contribution < -0.4 is 4.90 Å². The zero-order chi connectivity index (χ0) is 16.5. The molecule has 0 aliphatic heterocycles. The molecule has 0 spiro atoms. The van der Waals surface area contributed by atoms with Crippen LogP contribution in [0.3, 0.4) is 0 Å². The van der Waals surface area contributed by atoms with Gasteiger partial charge < -0.3 is 4.90 Å². The van der Waals surface area contributed by atoms with Crippen molar-refractivity contribution in [2.45, 2.75) is 0 Å². The predicted octanol–water partition coefficient (Wildman–Crippen LogP) is 4.13. The number of rotatable bonds is 3. The van der Waals surface area contributed by atoms with Crippen LogP contribution in [0.5, 0.6) is 0 Å². The van der Waals surface area contributed by atoms with Gasteiger partial charge in [0.25, 0.3) is 0 Å². The van der Waals surface area contributed by atoms with Crippen LogP contribution in [-0.4, -0.2) is 28.5 Å². The molecule has 0 saturated carbocycles. The summed E-state index contributed by atoms with van der Waals surface area (Å²) >= 11 is 0. The van der Waals surface area contributed by atoms with E-state index in [0.29, 0.717) is 0 Å². The Bertz CT molecular complexity index is 970. The van der Waals surface area contributed by atoms with Gasteiger partial charge in [-0.05, 0) is 48.5 Å². The smallest absolute Gasteiger partial charge is 0.145 e. The minimum atomic E-state index is 0.886. The Morgan fingerprint density at radius 2 is 1.67 bits per heavy atom. The van der Waals surface area contributed by atoms with Crippen molar-refractivity contribution < 1.29 is 0 Å². The largest absolute Gasteiger partial charge is 0.378 e. The van der Waals surface area contributed by atoms with E-state index in [2.05, 4.69) is 44.6 Å². The Morgan fingerprint density at radius 3 is 2.38 bits per heavy atom. The molecule has 0 saturated heterocycles. The molecule has 0 atom stereocenters. The third kappa shape index (κ3) is 2.42. The minimum absolute atomic E-state index is 0.886. The van der Waals surface area contributed by atoms with Gasteiger partial charge in [0, 0.05) is 37.7 Å². The Hall–Kier alpha value is -3.14.